The van der Waals surface area contributed by atoms with Gasteiger partial charge in [0, 0.05) is 11.1 Å². The highest BCUT2D eigenvalue weighted by Crippen LogP contribution is 2.13. The summed E-state index contributed by atoms with van der Waals surface area (Å²) in [6.45, 7) is 2.93. The summed E-state index contributed by atoms with van der Waals surface area (Å²) in [6.07, 6.45) is 6.06. The van der Waals surface area contributed by atoms with Gasteiger partial charge in [-0.3, -0.25) is 0 Å². The van der Waals surface area contributed by atoms with Gasteiger partial charge in [-0.25, -0.2) is 8.78 Å². The van der Waals surface area contributed by atoms with Crippen molar-refractivity contribution in [1.82, 2.24) is 0 Å². The van der Waals surface area contributed by atoms with Gasteiger partial charge < -0.3 is 4.74 Å². The monoisotopic (exact) mass is 328 g/mol. The smallest absolute Gasteiger partial charge is 0.160 e. The normalized spacial score (nSPS) is 10.1. The molecule has 126 valence electrons. The fourth-order valence-corrected chi connectivity index (χ4v) is 2.25. The van der Waals surface area contributed by atoms with E-state index in [1.165, 1.54) is 31.7 Å². The first-order valence-electron chi connectivity index (χ1n) is 8.39. The third-order valence-electron chi connectivity index (χ3n) is 3.64. The van der Waals surface area contributed by atoms with E-state index in [0.717, 1.165) is 36.5 Å². The van der Waals surface area contributed by atoms with Gasteiger partial charge in [-0.1, -0.05) is 44.4 Å². The topological polar surface area (TPSA) is 9.23 Å². The van der Waals surface area contributed by atoms with Gasteiger partial charge >= 0.3 is 0 Å². The molecule has 2 rings (SSSR count). The summed E-state index contributed by atoms with van der Waals surface area (Å²) in [5.41, 5.74) is 1.25. The molecule has 24 heavy (non-hydrogen) atoms. The Morgan fingerprint density at radius 3 is 2.17 bits per heavy atom. The van der Waals surface area contributed by atoms with E-state index < -0.39 is 11.6 Å². The molecule has 0 radical (unpaired) electrons. The van der Waals surface area contributed by atoms with Crippen LogP contribution >= 0.6 is 0 Å². The number of halogens is 2. The molecule has 0 aliphatic rings. The van der Waals surface area contributed by atoms with Crippen LogP contribution in [0.25, 0.3) is 0 Å². The Morgan fingerprint density at radius 1 is 0.792 bits per heavy atom. The Morgan fingerprint density at radius 2 is 1.46 bits per heavy atom. The summed E-state index contributed by atoms with van der Waals surface area (Å²) in [6, 6.07) is 11.1. The molecular formula is C21H22F2O. The zero-order chi connectivity index (χ0) is 17.2. The maximum Gasteiger partial charge on any atom is 0.160 e. The molecule has 2 aromatic carbocycles. The number of hydrogen-bond donors (Lipinski definition) is 0. The number of ether oxygens (including phenoxy) is 1. The lowest BCUT2D eigenvalue weighted by Gasteiger charge is -2.05. The molecule has 0 N–H and O–H groups in total. The van der Waals surface area contributed by atoms with E-state index in [-0.39, 0.29) is 0 Å². The van der Waals surface area contributed by atoms with E-state index in [0.29, 0.717) is 5.56 Å². The average molecular weight is 328 g/mol. The van der Waals surface area contributed by atoms with Gasteiger partial charge in [-0.2, -0.15) is 0 Å². The van der Waals surface area contributed by atoms with Crippen LogP contribution in [0.5, 0.6) is 5.75 Å². The fraction of sp³-hybridized carbons (Fsp3) is 0.333. The van der Waals surface area contributed by atoms with Gasteiger partial charge in [0.25, 0.3) is 0 Å². The molecule has 0 bridgehead atoms. The first kappa shape index (κ1) is 18.0. The lowest BCUT2D eigenvalue weighted by Crippen LogP contribution is -1.97. The molecule has 0 fully saturated rings. The molecule has 0 saturated carbocycles. The summed E-state index contributed by atoms with van der Waals surface area (Å²) in [7, 11) is 0. The van der Waals surface area contributed by atoms with E-state index in [9.17, 15) is 8.78 Å². The molecule has 0 aliphatic carbocycles. The van der Waals surface area contributed by atoms with Crippen LogP contribution in [0.4, 0.5) is 8.78 Å². The highest BCUT2D eigenvalue weighted by Gasteiger charge is 2.00. The zero-order valence-corrected chi connectivity index (χ0v) is 13.9. The molecule has 0 spiro atoms. The van der Waals surface area contributed by atoms with Gasteiger partial charge in [-0.05, 0) is 48.9 Å². The predicted octanol–water partition coefficient (Wildman–Crippen LogP) is 5.71. The van der Waals surface area contributed by atoms with Gasteiger partial charge in [0.2, 0.25) is 0 Å². The molecule has 0 saturated heterocycles. The highest BCUT2D eigenvalue weighted by atomic mass is 19.2. The van der Waals surface area contributed by atoms with Crippen molar-refractivity contribution >= 4 is 0 Å². The molecule has 0 heterocycles. The van der Waals surface area contributed by atoms with Gasteiger partial charge in [0.05, 0.1) is 6.61 Å². The van der Waals surface area contributed by atoms with Crippen molar-refractivity contribution in [3.63, 3.8) is 0 Å². The zero-order valence-electron chi connectivity index (χ0n) is 13.9. The third-order valence-corrected chi connectivity index (χ3v) is 3.64. The van der Waals surface area contributed by atoms with Crippen LogP contribution in [-0.4, -0.2) is 6.61 Å². The van der Waals surface area contributed by atoms with Crippen LogP contribution in [0.1, 0.15) is 50.2 Å². The van der Waals surface area contributed by atoms with E-state index in [1.807, 2.05) is 24.3 Å². The van der Waals surface area contributed by atoms with Crippen molar-refractivity contribution < 1.29 is 13.5 Å². The van der Waals surface area contributed by atoms with E-state index in [1.54, 1.807) is 0 Å². The minimum atomic E-state index is -0.885. The Hall–Kier alpha value is -2.34. The molecule has 1 nitrogen and oxygen atoms in total. The number of hydrogen-bond acceptors (Lipinski definition) is 1. The molecule has 0 unspecified atom stereocenters. The minimum absolute atomic E-state index is 0.446. The summed E-state index contributed by atoms with van der Waals surface area (Å²) >= 11 is 0. The maximum atomic E-state index is 13.1. The molecule has 3 heteroatoms. The largest absolute Gasteiger partial charge is 0.494 e. The predicted molar refractivity (Wildman–Crippen MR) is 93.0 cm³/mol. The third kappa shape index (κ3) is 6.04. The van der Waals surface area contributed by atoms with E-state index >= 15 is 0 Å². The lowest BCUT2D eigenvalue weighted by atomic mass is 10.1. The summed E-state index contributed by atoms with van der Waals surface area (Å²) in [5.74, 6) is 4.83. The van der Waals surface area contributed by atoms with Crippen molar-refractivity contribution in [2.45, 2.75) is 39.0 Å². The second-order valence-electron chi connectivity index (χ2n) is 5.67. The Balaban J connectivity index is 1.84. The van der Waals surface area contributed by atoms with Crippen LogP contribution in [-0.2, 0) is 0 Å². The summed E-state index contributed by atoms with van der Waals surface area (Å²) in [5, 5.41) is 0. The quantitative estimate of drug-likeness (QED) is 0.467. The average Bonchev–Trinajstić information content (AvgIpc) is 2.60. The van der Waals surface area contributed by atoms with Crippen LogP contribution in [0.2, 0.25) is 0 Å². The first-order valence-corrected chi connectivity index (χ1v) is 8.39. The van der Waals surface area contributed by atoms with E-state index in [4.69, 9.17) is 4.74 Å². The number of rotatable bonds is 7. The molecular weight excluding hydrogens is 306 g/mol. The van der Waals surface area contributed by atoms with Gasteiger partial charge in [0.15, 0.2) is 11.6 Å². The molecule has 0 aromatic heterocycles. The van der Waals surface area contributed by atoms with Crippen LogP contribution in [0, 0.1) is 23.5 Å². The fourth-order valence-electron chi connectivity index (χ4n) is 2.25. The molecule has 0 amide bonds. The van der Waals surface area contributed by atoms with Crippen molar-refractivity contribution in [3.8, 4) is 17.6 Å². The molecule has 0 aliphatic heterocycles. The lowest BCUT2D eigenvalue weighted by molar-refractivity contribution is 0.304. The van der Waals surface area contributed by atoms with Crippen LogP contribution < -0.4 is 4.74 Å². The molecule has 2 aromatic rings. The van der Waals surface area contributed by atoms with Gasteiger partial charge in [0.1, 0.15) is 5.75 Å². The number of benzene rings is 2. The van der Waals surface area contributed by atoms with Crippen molar-refractivity contribution in [1.29, 1.82) is 0 Å². The van der Waals surface area contributed by atoms with E-state index in [2.05, 4.69) is 18.8 Å². The summed E-state index contributed by atoms with van der Waals surface area (Å²) < 4.78 is 31.7. The van der Waals surface area contributed by atoms with Crippen molar-refractivity contribution in [2.24, 2.45) is 0 Å². The Kier molecular flexibility index (Phi) is 7.29. The minimum Gasteiger partial charge on any atom is -0.494 e. The summed E-state index contributed by atoms with van der Waals surface area (Å²) in [4.78, 5) is 0. The second-order valence-corrected chi connectivity index (χ2v) is 5.67. The van der Waals surface area contributed by atoms with Crippen molar-refractivity contribution in [3.05, 3.63) is 65.2 Å². The van der Waals surface area contributed by atoms with Crippen molar-refractivity contribution in [2.75, 3.05) is 6.61 Å². The van der Waals surface area contributed by atoms with Gasteiger partial charge in [-0.15, -0.1) is 0 Å². The highest BCUT2D eigenvalue weighted by molar-refractivity contribution is 5.44. The SMILES string of the molecule is CCCCCCCOc1ccc(C#Cc2ccc(F)c(F)c2)cc1. The second kappa shape index (κ2) is 9.72. The first-order chi connectivity index (χ1) is 11.7. The maximum absolute atomic E-state index is 13.1. The van der Waals surface area contributed by atoms with Crippen LogP contribution in [0.15, 0.2) is 42.5 Å². The number of unbranched alkanes of at least 4 members (excludes halogenated alkanes) is 4. The van der Waals surface area contributed by atoms with Crippen LogP contribution in [0.3, 0.4) is 0 Å². The Bertz CT molecular complexity index is 696. The standard InChI is InChI=1S/C21H22F2O/c1-2-3-4-5-6-15-24-19-12-9-17(10-13-19)7-8-18-11-14-20(22)21(23)16-18/h9-14,16H,2-6,15H2,1H3. The Labute approximate surface area is 142 Å². The molecule has 0 atom stereocenters.